The molecule has 0 radical (unpaired) electrons. The summed E-state index contributed by atoms with van der Waals surface area (Å²) in [4.78, 5) is 25.0. The molecule has 0 N–H and O–H groups in total. The summed E-state index contributed by atoms with van der Waals surface area (Å²) in [6, 6.07) is 0. The van der Waals surface area contributed by atoms with Gasteiger partial charge in [0.15, 0.2) is 0 Å². The first-order valence-electron chi connectivity index (χ1n) is 20.9. The Kier molecular flexibility index (Phi) is 34.7. The van der Waals surface area contributed by atoms with Crippen LogP contribution in [-0.2, 0) is 27.9 Å². The Morgan fingerprint density at radius 1 is 0.600 bits per heavy atom. The average molecular weight is 732 g/mol. The van der Waals surface area contributed by atoms with Gasteiger partial charge in [-0.25, -0.2) is 0 Å². The minimum atomic E-state index is -4.52. The molecule has 298 valence electrons. The number of ether oxygens (including phenoxy) is 2. The third-order valence-corrected chi connectivity index (χ3v) is 10.0. The van der Waals surface area contributed by atoms with Crippen molar-refractivity contribution in [1.82, 2.24) is 0 Å². The third kappa shape index (κ3) is 38.5. The van der Waals surface area contributed by atoms with Crippen molar-refractivity contribution in [3.8, 4) is 0 Å². The van der Waals surface area contributed by atoms with Gasteiger partial charge in [0, 0.05) is 13.0 Å². The molecule has 0 amide bonds. The second-order valence-corrected chi connectivity index (χ2v) is 16.8. The minimum absolute atomic E-state index is 0.0275. The predicted molar refractivity (Wildman–Crippen MR) is 208 cm³/mol. The van der Waals surface area contributed by atoms with Gasteiger partial charge in [-0.1, -0.05) is 154 Å². The fourth-order valence-corrected chi connectivity index (χ4v) is 6.50. The second kappa shape index (κ2) is 35.3. The van der Waals surface area contributed by atoms with Crippen LogP contribution in [0.5, 0.6) is 0 Å². The molecule has 0 aromatic heterocycles. The predicted octanol–water partition coefficient (Wildman–Crippen LogP) is 11.3. The SMILES string of the molecule is CCCCCC/C=C\CCCCCCCC(=O)OC(COCCCCCCCCCCCCCCCCC)COP(=O)([O-])OCC[N+](C)(C)C. The molecule has 0 rings (SSSR count). The summed E-state index contributed by atoms with van der Waals surface area (Å²) in [7, 11) is 1.36. The van der Waals surface area contributed by atoms with E-state index >= 15 is 0 Å². The first-order valence-corrected chi connectivity index (χ1v) is 22.4. The van der Waals surface area contributed by atoms with Crippen molar-refractivity contribution in [2.75, 3.05) is 54.1 Å². The molecule has 50 heavy (non-hydrogen) atoms. The molecule has 0 heterocycles. The van der Waals surface area contributed by atoms with E-state index in [9.17, 15) is 14.3 Å². The Bertz CT molecular complexity index is 817. The molecule has 0 saturated heterocycles. The number of carbonyl (C=O) groups is 1. The van der Waals surface area contributed by atoms with E-state index in [4.69, 9.17) is 18.5 Å². The molecule has 8 nitrogen and oxygen atoms in total. The number of unbranched alkanes of at least 4 members (excludes halogenated alkanes) is 23. The number of likely N-dealkylation sites (N-methyl/N-ethyl adjacent to an activating group) is 1. The van der Waals surface area contributed by atoms with Gasteiger partial charge in [-0.2, -0.15) is 0 Å². The van der Waals surface area contributed by atoms with Crippen molar-refractivity contribution in [3.05, 3.63) is 12.2 Å². The fourth-order valence-electron chi connectivity index (χ4n) is 5.78. The summed E-state index contributed by atoms with van der Waals surface area (Å²) >= 11 is 0. The van der Waals surface area contributed by atoms with Crippen molar-refractivity contribution in [2.24, 2.45) is 0 Å². The summed E-state index contributed by atoms with van der Waals surface area (Å²) in [6.45, 7) is 5.41. The van der Waals surface area contributed by atoms with E-state index in [1.165, 1.54) is 122 Å². The number of allylic oxidation sites excluding steroid dienone is 2. The average Bonchev–Trinajstić information content (AvgIpc) is 3.06. The van der Waals surface area contributed by atoms with Crippen LogP contribution in [0.2, 0.25) is 0 Å². The van der Waals surface area contributed by atoms with E-state index < -0.39 is 13.9 Å². The highest BCUT2D eigenvalue weighted by molar-refractivity contribution is 7.45. The van der Waals surface area contributed by atoms with Gasteiger partial charge in [0.1, 0.15) is 19.3 Å². The Morgan fingerprint density at radius 3 is 1.54 bits per heavy atom. The standard InChI is InChI=1S/C41H82NO7P/c1-6-8-10-12-14-16-18-20-21-23-25-27-29-31-33-36-46-38-40(39-48-50(44,45)47-37-35-42(3,4)5)49-41(43)34-32-30-28-26-24-22-19-17-15-13-11-9-7-2/h17,19,40H,6-16,18,20-39H2,1-5H3/b19-17-. The summed E-state index contributed by atoms with van der Waals surface area (Å²) in [6.07, 6.45) is 36.4. The quantitative estimate of drug-likeness (QED) is 0.0204. The van der Waals surface area contributed by atoms with Gasteiger partial charge in [-0.05, 0) is 38.5 Å². The number of phosphoric acid groups is 1. The summed E-state index contributed by atoms with van der Waals surface area (Å²) < 4.78 is 34.5. The number of quaternary nitrogens is 1. The van der Waals surface area contributed by atoms with Crippen molar-refractivity contribution >= 4 is 13.8 Å². The first kappa shape index (κ1) is 49.2. The van der Waals surface area contributed by atoms with Gasteiger partial charge in [-0.3, -0.25) is 9.36 Å². The van der Waals surface area contributed by atoms with Crippen LogP contribution in [0.15, 0.2) is 12.2 Å². The van der Waals surface area contributed by atoms with Crippen molar-refractivity contribution in [1.29, 1.82) is 0 Å². The molecule has 0 aliphatic carbocycles. The maximum Gasteiger partial charge on any atom is 0.306 e. The van der Waals surface area contributed by atoms with Crippen LogP contribution < -0.4 is 4.89 Å². The summed E-state index contributed by atoms with van der Waals surface area (Å²) in [5, 5.41) is 0. The Morgan fingerprint density at radius 2 is 1.04 bits per heavy atom. The molecule has 9 heteroatoms. The number of hydrogen-bond donors (Lipinski definition) is 0. The van der Waals surface area contributed by atoms with Crippen molar-refractivity contribution < 1.29 is 37.3 Å². The van der Waals surface area contributed by atoms with Gasteiger partial charge >= 0.3 is 5.97 Å². The molecule has 2 unspecified atom stereocenters. The van der Waals surface area contributed by atoms with Crippen molar-refractivity contribution in [2.45, 2.75) is 193 Å². The van der Waals surface area contributed by atoms with Gasteiger partial charge in [0.2, 0.25) is 0 Å². The van der Waals surface area contributed by atoms with Gasteiger partial charge < -0.3 is 27.9 Å². The normalized spacial score (nSPS) is 14.0. The summed E-state index contributed by atoms with van der Waals surface area (Å²) in [5.74, 6) is -0.341. The molecule has 0 aromatic rings. The van der Waals surface area contributed by atoms with Gasteiger partial charge in [0.05, 0.1) is 34.4 Å². The molecule has 0 saturated carbocycles. The molecule has 0 aromatic carbocycles. The lowest BCUT2D eigenvalue weighted by Crippen LogP contribution is -2.37. The number of hydrogen-bond acceptors (Lipinski definition) is 7. The zero-order valence-corrected chi connectivity index (χ0v) is 34.5. The number of nitrogens with zero attached hydrogens (tertiary/aromatic N) is 1. The molecule has 2 atom stereocenters. The molecule has 0 aliphatic rings. The van der Waals surface area contributed by atoms with E-state index in [1.54, 1.807) is 0 Å². The van der Waals surface area contributed by atoms with Crippen LogP contribution in [0, 0.1) is 0 Å². The number of rotatable bonds is 39. The number of esters is 1. The van der Waals surface area contributed by atoms with Gasteiger partial charge in [-0.15, -0.1) is 0 Å². The highest BCUT2D eigenvalue weighted by Gasteiger charge is 2.20. The van der Waals surface area contributed by atoms with E-state index in [1.807, 2.05) is 21.1 Å². The van der Waals surface area contributed by atoms with Crippen LogP contribution in [0.1, 0.15) is 187 Å². The largest absolute Gasteiger partial charge is 0.756 e. The highest BCUT2D eigenvalue weighted by Crippen LogP contribution is 2.38. The zero-order valence-electron chi connectivity index (χ0n) is 33.6. The Balaban J connectivity index is 4.24. The smallest absolute Gasteiger partial charge is 0.306 e. The van der Waals surface area contributed by atoms with Crippen LogP contribution in [0.25, 0.3) is 0 Å². The van der Waals surface area contributed by atoms with Crippen LogP contribution in [0.4, 0.5) is 0 Å². The summed E-state index contributed by atoms with van der Waals surface area (Å²) in [5.41, 5.74) is 0. The van der Waals surface area contributed by atoms with Crippen LogP contribution in [0.3, 0.4) is 0 Å². The lowest BCUT2D eigenvalue weighted by Gasteiger charge is -2.28. The van der Waals surface area contributed by atoms with E-state index in [-0.39, 0.29) is 25.8 Å². The lowest BCUT2D eigenvalue weighted by molar-refractivity contribution is -0.870. The van der Waals surface area contributed by atoms with E-state index in [0.29, 0.717) is 24.1 Å². The monoisotopic (exact) mass is 732 g/mol. The number of carbonyl (C=O) groups excluding carboxylic acids is 1. The third-order valence-electron chi connectivity index (χ3n) is 9.07. The van der Waals surface area contributed by atoms with E-state index in [0.717, 1.165) is 44.9 Å². The minimum Gasteiger partial charge on any atom is -0.756 e. The molecular formula is C41H82NO7P. The highest BCUT2D eigenvalue weighted by atomic mass is 31.2. The van der Waals surface area contributed by atoms with E-state index in [2.05, 4.69) is 26.0 Å². The maximum atomic E-state index is 12.6. The van der Waals surface area contributed by atoms with Crippen LogP contribution >= 0.6 is 7.82 Å². The van der Waals surface area contributed by atoms with Crippen LogP contribution in [-0.4, -0.2) is 70.7 Å². The molecule has 0 fully saturated rings. The molecular weight excluding hydrogens is 649 g/mol. The molecule has 0 spiro atoms. The number of phosphoric ester groups is 1. The topological polar surface area (TPSA) is 94.1 Å². The van der Waals surface area contributed by atoms with Gasteiger partial charge in [0.25, 0.3) is 7.82 Å². The Labute approximate surface area is 310 Å². The molecule has 0 bridgehead atoms. The zero-order chi connectivity index (χ0) is 37.0. The Hall–Kier alpha value is -0.760. The fraction of sp³-hybridized carbons (Fsp3) is 0.927. The lowest BCUT2D eigenvalue weighted by atomic mass is 10.0. The maximum absolute atomic E-state index is 12.6. The van der Waals surface area contributed by atoms with Crippen molar-refractivity contribution in [3.63, 3.8) is 0 Å². The first-order chi connectivity index (χ1) is 24.1. The second-order valence-electron chi connectivity index (χ2n) is 15.4. The molecule has 0 aliphatic heterocycles.